The fraction of sp³-hybridized carbons (Fsp3) is 0.231. The summed E-state index contributed by atoms with van der Waals surface area (Å²) in [6.07, 6.45) is 0. The quantitative estimate of drug-likeness (QED) is 0.631. The van der Waals surface area contributed by atoms with Crippen LogP contribution in [0.5, 0.6) is 0 Å². The van der Waals surface area contributed by atoms with Gasteiger partial charge < -0.3 is 5.32 Å². The lowest BCUT2D eigenvalue weighted by atomic mass is 9.97. The maximum absolute atomic E-state index is 11.9. The van der Waals surface area contributed by atoms with Crippen molar-refractivity contribution in [3.63, 3.8) is 0 Å². The Kier molecular flexibility index (Phi) is 4.33. The Hall–Kier alpha value is -2.48. The van der Waals surface area contributed by atoms with Gasteiger partial charge in [0.25, 0.3) is 0 Å². The Morgan fingerprint density at radius 1 is 1.17 bits per heavy atom. The van der Waals surface area contributed by atoms with Crippen LogP contribution in [-0.2, 0) is 4.79 Å². The second kappa shape index (κ2) is 5.73. The number of nitrogens with zero attached hydrogens (tertiary/aromatic N) is 1. The Bertz CT molecular complexity index is 526. The molecule has 0 aromatic heterocycles. The molecule has 0 heterocycles. The minimum atomic E-state index is -1.36. The number of nitriles is 1. The molecule has 0 radical (unpaired) electrons. The van der Waals surface area contributed by atoms with Crippen molar-refractivity contribution in [1.82, 2.24) is 5.32 Å². The Morgan fingerprint density at radius 3 is 2.06 bits per heavy atom. The summed E-state index contributed by atoms with van der Waals surface area (Å²) in [4.78, 5) is 34.3. The van der Waals surface area contributed by atoms with E-state index in [-0.39, 0.29) is 11.3 Å². The van der Waals surface area contributed by atoms with E-state index in [9.17, 15) is 14.4 Å². The van der Waals surface area contributed by atoms with Crippen LogP contribution in [0.4, 0.5) is 0 Å². The lowest BCUT2D eigenvalue weighted by Gasteiger charge is -2.06. The Balaban J connectivity index is 3.00. The number of carbonyl (C=O) groups excluding carboxylic acids is 3. The molecule has 0 spiro atoms. The standard InChI is InChI=1S/C13H12N2O3/c1-8(16)9-3-5-10(6-4-9)12(17)11(7-14)13(18)15-2/h3-6,11H,1-2H3,(H,15,18)/t11-/m1/s1. The van der Waals surface area contributed by atoms with E-state index in [0.717, 1.165) is 0 Å². The summed E-state index contributed by atoms with van der Waals surface area (Å²) >= 11 is 0. The molecule has 0 bridgehead atoms. The van der Waals surface area contributed by atoms with Gasteiger partial charge in [-0.2, -0.15) is 5.26 Å². The normalized spacial score (nSPS) is 11.2. The monoisotopic (exact) mass is 244 g/mol. The van der Waals surface area contributed by atoms with E-state index < -0.39 is 17.6 Å². The molecule has 0 fully saturated rings. The number of Topliss-reactive ketones (excluding diaryl/α,β-unsaturated/α-hetero) is 2. The van der Waals surface area contributed by atoms with Gasteiger partial charge in [-0.25, -0.2) is 0 Å². The van der Waals surface area contributed by atoms with Gasteiger partial charge in [0.15, 0.2) is 17.5 Å². The molecule has 1 rings (SSSR count). The molecule has 0 aliphatic rings. The minimum absolute atomic E-state index is 0.114. The first-order valence-electron chi connectivity index (χ1n) is 5.27. The second-order valence-electron chi connectivity index (χ2n) is 3.67. The zero-order chi connectivity index (χ0) is 13.7. The zero-order valence-electron chi connectivity index (χ0n) is 10.1. The second-order valence-corrected chi connectivity index (χ2v) is 3.67. The number of nitrogens with one attached hydrogen (secondary N) is 1. The zero-order valence-corrected chi connectivity index (χ0v) is 10.1. The smallest absolute Gasteiger partial charge is 0.245 e. The summed E-state index contributed by atoms with van der Waals surface area (Å²) in [7, 11) is 1.36. The number of rotatable bonds is 4. The molecule has 1 aromatic carbocycles. The van der Waals surface area contributed by atoms with Crippen LogP contribution in [0.15, 0.2) is 24.3 Å². The summed E-state index contributed by atoms with van der Waals surface area (Å²) < 4.78 is 0. The highest BCUT2D eigenvalue weighted by atomic mass is 16.2. The number of ketones is 2. The number of hydrogen-bond donors (Lipinski definition) is 1. The number of amides is 1. The fourth-order valence-electron chi connectivity index (χ4n) is 1.42. The van der Waals surface area contributed by atoms with Gasteiger partial charge in [0, 0.05) is 18.2 Å². The number of hydrogen-bond acceptors (Lipinski definition) is 4. The average Bonchev–Trinajstić information content (AvgIpc) is 2.39. The van der Waals surface area contributed by atoms with Crippen LogP contribution in [0.3, 0.4) is 0 Å². The highest BCUT2D eigenvalue weighted by Crippen LogP contribution is 2.11. The van der Waals surface area contributed by atoms with Crippen molar-refractivity contribution in [2.24, 2.45) is 5.92 Å². The average molecular weight is 244 g/mol. The summed E-state index contributed by atoms with van der Waals surface area (Å²) in [6.45, 7) is 1.42. The van der Waals surface area contributed by atoms with Gasteiger partial charge in [0.2, 0.25) is 5.91 Å². The van der Waals surface area contributed by atoms with Gasteiger partial charge in [-0.3, -0.25) is 14.4 Å². The molecular formula is C13H12N2O3. The molecule has 5 nitrogen and oxygen atoms in total. The molecular weight excluding hydrogens is 232 g/mol. The van der Waals surface area contributed by atoms with E-state index >= 15 is 0 Å². The van der Waals surface area contributed by atoms with E-state index in [2.05, 4.69) is 5.32 Å². The van der Waals surface area contributed by atoms with E-state index in [1.807, 2.05) is 0 Å². The molecule has 5 heteroatoms. The third kappa shape index (κ3) is 2.80. The predicted molar refractivity (Wildman–Crippen MR) is 63.9 cm³/mol. The first-order valence-corrected chi connectivity index (χ1v) is 5.27. The van der Waals surface area contributed by atoms with Crippen LogP contribution in [-0.4, -0.2) is 24.5 Å². The van der Waals surface area contributed by atoms with Crippen LogP contribution in [0.1, 0.15) is 27.6 Å². The molecule has 1 atom stereocenters. The van der Waals surface area contributed by atoms with Gasteiger partial charge in [-0.05, 0) is 6.92 Å². The molecule has 1 aromatic rings. The van der Waals surface area contributed by atoms with Crippen LogP contribution >= 0.6 is 0 Å². The molecule has 0 aliphatic carbocycles. The number of carbonyl (C=O) groups is 3. The first-order chi connectivity index (χ1) is 8.51. The summed E-state index contributed by atoms with van der Waals surface area (Å²) in [5.74, 6) is -2.69. The van der Waals surface area contributed by atoms with Crippen molar-refractivity contribution in [2.45, 2.75) is 6.92 Å². The topological polar surface area (TPSA) is 87.0 Å². The van der Waals surface area contributed by atoms with Crippen molar-refractivity contribution in [3.8, 4) is 6.07 Å². The molecule has 0 unspecified atom stereocenters. The van der Waals surface area contributed by atoms with Crippen molar-refractivity contribution < 1.29 is 14.4 Å². The van der Waals surface area contributed by atoms with E-state index in [1.165, 1.54) is 38.2 Å². The van der Waals surface area contributed by atoms with Crippen LogP contribution in [0.2, 0.25) is 0 Å². The summed E-state index contributed by atoms with van der Waals surface area (Å²) in [5.41, 5.74) is 0.704. The molecule has 0 aliphatic heterocycles. The summed E-state index contributed by atoms with van der Waals surface area (Å²) in [6, 6.07) is 7.52. The predicted octanol–water partition coefficient (Wildman–Crippen LogP) is 0.958. The highest BCUT2D eigenvalue weighted by Gasteiger charge is 2.26. The van der Waals surface area contributed by atoms with Gasteiger partial charge in [-0.15, -0.1) is 0 Å². The largest absolute Gasteiger partial charge is 0.358 e. The maximum atomic E-state index is 11.9. The molecule has 1 amide bonds. The van der Waals surface area contributed by atoms with Crippen LogP contribution in [0, 0.1) is 17.2 Å². The number of benzene rings is 1. The minimum Gasteiger partial charge on any atom is -0.358 e. The molecule has 1 N–H and O–H groups in total. The van der Waals surface area contributed by atoms with Gasteiger partial charge in [0.05, 0.1) is 6.07 Å². The molecule has 0 saturated carbocycles. The van der Waals surface area contributed by atoms with Crippen LogP contribution < -0.4 is 5.32 Å². The third-order valence-electron chi connectivity index (χ3n) is 2.48. The third-order valence-corrected chi connectivity index (χ3v) is 2.48. The van der Waals surface area contributed by atoms with E-state index in [1.54, 1.807) is 6.07 Å². The van der Waals surface area contributed by atoms with Gasteiger partial charge in [-0.1, -0.05) is 24.3 Å². The van der Waals surface area contributed by atoms with Crippen molar-refractivity contribution >= 4 is 17.5 Å². The molecule has 92 valence electrons. The van der Waals surface area contributed by atoms with Crippen molar-refractivity contribution in [3.05, 3.63) is 35.4 Å². The van der Waals surface area contributed by atoms with Gasteiger partial charge in [0.1, 0.15) is 0 Å². The van der Waals surface area contributed by atoms with Crippen molar-refractivity contribution in [2.75, 3.05) is 7.05 Å². The van der Waals surface area contributed by atoms with Crippen LogP contribution in [0.25, 0.3) is 0 Å². The SMILES string of the molecule is CNC(=O)[C@H](C#N)C(=O)c1ccc(C(C)=O)cc1. The van der Waals surface area contributed by atoms with Crippen molar-refractivity contribution in [1.29, 1.82) is 5.26 Å². The molecule has 18 heavy (non-hydrogen) atoms. The summed E-state index contributed by atoms with van der Waals surface area (Å²) in [5, 5.41) is 11.1. The van der Waals surface area contributed by atoms with Gasteiger partial charge >= 0.3 is 0 Å². The van der Waals surface area contributed by atoms with E-state index in [0.29, 0.717) is 5.56 Å². The maximum Gasteiger partial charge on any atom is 0.245 e. The first kappa shape index (κ1) is 13.6. The lowest BCUT2D eigenvalue weighted by molar-refractivity contribution is -0.121. The Labute approximate surface area is 104 Å². The molecule has 0 saturated heterocycles. The fourth-order valence-corrected chi connectivity index (χ4v) is 1.42. The lowest BCUT2D eigenvalue weighted by Crippen LogP contribution is -2.32. The highest BCUT2D eigenvalue weighted by molar-refractivity contribution is 6.12. The van der Waals surface area contributed by atoms with E-state index in [4.69, 9.17) is 5.26 Å². The Morgan fingerprint density at radius 2 is 1.67 bits per heavy atom.